The van der Waals surface area contributed by atoms with Crippen LogP contribution in [-0.4, -0.2) is 31.0 Å². The van der Waals surface area contributed by atoms with E-state index >= 15 is 0 Å². The topological polar surface area (TPSA) is 79.5 Å². The fraction of sp³-hybridized carbons (Fsp3) is 0.818. The van der Waals surface area contributed by atoms with Gasteiger partial charge in [-0.15, -0.1) is 0 Å². The molecule has 1 fully saturated rings. The lowest BCUT2D eigenvalue weighted by Gasteiger charge is -2.19. The molecule has 16 heavy (non-hydrogen) atoms. The number of nitrogens with zero attached hydrogens (tertiary/aromatic N) is 1. The molecular weight excluding hydrogens is 204 g/mol. The Balaban J connectivity index is 2.40. The van der Waals surface area contributed by atoms with Crippen LogP contribution in [0.25, 0.3) is 0 Å². The highest BCUT2D eigenvalue weighted by molar-refractivity contribution is 5.87. The quantitative estimate of drug-likeness (QED) is 0.480. The van der Waals surface area contributed by atoms with Gasteiger partial charge in [0, 0.05) is 7.05 Å². The molecule has 1 aliphatic carbocycles. The van der Waals surface area contributed by atoms with E-state index in [-0.39, 0.29) is 11.9 Å². The molecule has 92 valence electrons. The van der Waals surface area contributed by atoms with Crippen molar-refractivity contribution in [2.45, 2.75) is 51.1 Å². The number of aliphatic imine (C=N–C) groups is 1. The second-order valence-corrected chi connectivity index (χ2v) is 4.29. The molecule has 1 rings (SSSR count). The van der Waals surface area contributed by atoms with Crippen LogP contribution < -0.4 is 16.4 Å². The lowest BCUT2D eigenvalue weighted by molar-refractivity contribution is -0.121. The average Bonchev–Trinajstić information content (AvgIpc) is 2.29. The summed E-state index contributed by atoms with van der Waals surface area (Å²) < 4.78 is 0. The molecule has 0 heterocycles. The minimum atomic E-state index is -0.336. The van der Waals surface area contributed by atoms with Gasteiger partial charge >= 0.3 is 0 Å². The molecule has 5 heteroatoms. The number of nitrogens with two attached hydrogens (primary N) is 1. The Bertz CT molecular complexity index is 259. The Hall–Kier alpha value is -1.26. The normalized spacial score (nSPS) is 20.2. The third-order valence-corrected chi connectivity index (χ3v) is 2.90. The Morgan fingerprint density at radius 1 is 1.38 bits per heavy atom. The summed E-state index contributed by atoms with van der Waals surface area (Å²) in [6.07, 6.45) is 5.97. The van der Waals surface area contributed by atoms with E-state index in [0.29, 0.717) is 12.0 Å². The van der Waals surface area contributed by atoms with Crippen molar-refractivity contribution < 1.29 is 4.79 Å². The summed E-state index contributed by atoms with van der Waals surface area (Å²) in [6, 6.07) is -0.00419. The van der Waals surface area contributed by atoms with E-state index in [2.05, 4.69) is 15.6 Å². The Kier molecular flexibility index (Phi) is 5.08. The molecular formula is C11H22N4O. The molecule has 0 saturated heterocycles. The van der Waals surface area contributed by atoms with Gasteiger partial charge in [0.25, 0.3) is 0 Å². The van der Waals surface area contributed by atoms with E-state index in [4.69, 9.17) is 5.73 Å². The number of nitrogens with one attached hydrogen (secondary N) is 2. The monoisotopic (exact) mass is 226 g/mol. The molecule has 1 unspecified atom stereocenters. The molecule has 0 aromatic rings. The SMILES string of the molecule is CNC(=O)C(C)NC(N)=NC1CCCCC1. The van der Waals surface area contributed by atoms with Gasteiger partial charge < -0.3 is 16.4 Å². The van der Waals surface area contributed by atoms with Crippen molar-refractivity contribution in [2.75, 3.05) is 7.05 Å². The Labute approximate surface area is 96.9 Å². The van der Waals surface area contributed by atoms with Crippen LogP contribution in [-0.2, 0) is 4.79 Å². The maximum absolute atomic E-state index is 11.3. The number of likely N-dealkylation sites (N-methyl/N-ethyl adjacent to an activating group) is 1. The number of amides is 1. The van der Waals surface area contributed by atoms with Crippen molar-refractivity contribution in [2.24, 2.45) is 10.7 Å². The smallest absolute Gasteiger partial charge is 0.242 e. The molecule has 0 spiro atoms. The van der Waals surface area contributed by atoms with Gasteiger partial charge in [-0.2, -0.15) is 0 Å². The highest BCUT2D eigenvalue weighted by Gasteiger charge is 2.14. The zero-order valence-corrected chi connectivity index (χ0v) is 10.1. The molecule has 0 aliphatic heterocycles. The van der Waals surface area contributed by atoms with Crippen molar-refractivity contribution in [1.29, 1.82) is 0 Å². The van der Waals surface area contributed by atoms with Crippen LogP contribution in [0.15, 0.2) is 4.99 Å². The molecule has 0 aromatic carbocycles. The molecule has 1 atom stereocenters. The Morgan fingerprint density at radius 2 is 2.00 bits per heavy atom. The van der Waals surface area contributed by atoms with Gasteiger partial charge in [0.15, 0.2) is 5.96 Å². The first-order valence-electron chi connectivity index (χ1n) is 5.95. The largest absolute Gasteiger partial charge is 0.370 e. The zero-order chi connectivity index (χ0) is 12.0. The number of rotatable bonds is 3. The summed E-state index contributed by atoms with van der Waals surface area (Å²) in [5.41, 5.74) is 5.76. The number of carbonyl (C=O) groups excluding carboxylic acids is 1. The van der Waals surface area contributed by atoms with Gasteiger partial charge in [0.1, 0.15) is 6.04 Å². The second kappa shape index (κ2) is 6.35. The zero-order valence-electron chi connectivity index (χ0n) is 10.1. The summed E-state index contributed by atoms with van der Waals surface area (Å²) in [6.45, 7) is 1.77. The molecule has 1 saturated carbocycles. The van der Waals surface area contributed by atoms with Crippen molar-refractivity contribution >= 4 is 11.9 Å². The van der Waals surface area contributed by atoms with Crippen LogP contribution in [0.2, 0.25) is 0 Å². The first-order chi connectivity index (χ1) is 7.63. The number of carbonyl (C=O) groups is 1. The molecule has 5 nitrogen and oxygen atoms in total. The maximum atomic E-state index is 11.3. The van der Waals surface area contributed by atoms with Gasteiger partial charge in [-0.05, 0) is 19.8 Å². The van der Waals surface area contributed by atoms with E-state index in [1.165, 1.54) is 19.3 Å². The van der Waals surface area contributed by atoms with E-state index in [1.54, 1.807) is 14.0 Å². The number of hydrogen-bond acceptors (Lipinski definition) is 2. The van der Waals surface area contributed by atoms with E-state index < -0.39 is 0 Å². The van der Waals surface area contributed by atoms with E-state index in [9.17, 15) is 4.79 Å². The minimum Gasteiger partial charge on any atom is -0.370 e. The second-order valence-electron chi connectivity index (χ2n) is 4.29. The highest BCUT2D eigenvalue weighted by Crippen LogP contribution is 2.19. The van der Waals surface area contributed by atoms with Crippen molar-refractivity contribution in [3.05, 3.63) is 0 Å². The van der Waals surface area contributed by atoms with Crippen LogP contribution in [0, 0.1) is 0 Å². The van der Waals surface area contributed by atoms with Crippen molar-refractivity contribution in [3.63, 3.8) is 0 Å². The van der Waals surface area contributed by atoms with Gasteiger partial charge in [-0.25, -0.2) is 0 Å². The van der Waals surface area contributed by atoms with Gasteiger partial charge in [0.05, 0.1) is 6.04 Å². The molecule has 0 bridgehead atoms. The standard InChI is InChI=1S/C11H22N4O/c1-8(10(16)13-2)14-11(12)15-9-6-4-3-5-7-9/h8-9H,3-7H2,1-2H3,(H,13,16)(H3,12,14,15). The lowest BCUT2D eigenvalue weighted by atomic mass is 9.96. The van der Waals surface area contributed by atoms with Gasteiger partial charge in [0.2, 0.25) is 5.91 Å². The average molecular weight is 226 g/mol. The summed E-state index contributed by atoms with van der Waals surface area (Å²) in [5.74, 6) is 0.296. The molecule has 0 radical (unpaired) electrons. The third-order valence-electron chi connectivity index (χ3n) is 2.90. The molecule has 4 N–H and O–H groups in total. The lowest BCUT2D eigenvalue weighted by Crippen LogP contribution is -2.47. The van der Waals surface area contributed by atoms with Crippen LogP contribution in [0.3, 0.4) is 0 Å². The summed E-state index contributed by atoms with van der Waals surface area (Å²) in [7, 11) is 1.61. The fourth-order valence-corrected chi connectivity index (χ4v) is 1.95. The molecule has 1 aliphatic rings. The first-order valence-corrected chi connectivity index (χ1v) is 5.95. The van der Waals surface area contributed by atoms with E-state index in [0.717, 1.165) is 12.8 Å². The van der Waals surface area contributed by atoms with Crippen LogP contribution in [0.1, 0.15) is 39.0 Å². The Morgan fingerprint density at radius 3 is 2.56 bits per heavy atom. The van der Waals surface area contributed by atoms with Crippen LogP contribution in [0.4, 0.5) is 0 Å². The summed E-state index contributed by atoms with van der Waals surface area (Å²) in [5, 5.41) is 5.46. The number of hydrogen-bond donors (Lipinski definition) is 3. The van der Waals surface area contributed by atoms with Crippen molar-refractivity contribution in [3.8, 4) is 0 Å². The predicted molar refractivity (Wildman–Crippen MR) is 65.2 cm³/mol. The highest BCUT2D eigenvalue weighted by atomic mass is 16.2. The summed E-state index contributed by atoms with van der Waals surface area (Å²) >= 11 is 0. The third kappa shape index (κ3) is 4.08. The van der Waals surface area contributed by atoms with Crippen LogP contribution >= 0.6 is 0 Å². The fourth-order valence-electron chi connectivity index (χ4n) is 1.95. The molecule has 0 aromatic heterocycles. The van der Waals surface area contributed by atoms with Gasteiger partial charge in [-0.1, -0.05) is 19.3 Å². The first kappa shape index (κ1) is 12.8. The van der Waals surface area contributed by atoms with Crippen molar-refractivity contribution in [1.82, 2.24) is 10.6 Å². The molecule has 1 amide bonds. The number of guanidine groups is 1. The maximum Gasteiger partial charge on any atom is 0.242 e. The van der Waals surface area contributed by atoms with E-state index in [1.807, 2.05) is 0 Å². The van der Waals surface area contributed by atoms with Gasteiger partial charge in [-0.3, -0.25) is 9.79 Å². The minimum absolute atomic E-state index is 0.0817. The summed E-state index contributed by atoms with van der Waals surface area (Å²) in [4.78, 5) is 15.7. The predicted octanol–water partition coefficient (Wildman–Crippen LogP) is 0.358. The van der Waals surface area contributed by atoms with Crippen LogP contribution in [0.5, 0.6) is 0 Å².